The average Bonchev–Trinajstić information content (AvgIpc) is 2.02. The molecule has 1 aliphatic heterocycles. The molecule has 0 N–H and O–H groups in total. The van der Waals surface area contributed by atoms with Crippen LogP contribution in [0.15, 0.2) is 0 Å². The summed E-state index contributed by atoms with van der Waals surface area (Å²) >= 11 is 0. The second-order valence-electron chi connectivity index (χ2n) is 4.62. The van der Waals surface area contributed by atoms with Gasteiger partial charge < -0.3 is 9.47 Å². The molecule has 0 bridgehead atoms. The first-order valence-corrected chi connectivity index (χ1v) is 4.81. The van der Waals surface area contributed by atoms with Gasteiger partial charge >= 0.3 is 0 Å². The van der Waals surface area contributed by atoms with Crippen LogP contribution in [0.1, 0.15) is 40.0 Å². The van der Waals surface area contributed by atoms with Gasteiger partial charge in [-0.05, 0) is 24.7 Å². The van der Waals surface area contributed by atoms with Crippen molar-refractivity contribution in [2.75, 3.05) is 13.2 Å². The van der Waals surface area contributed by atoms with Crippen molar-refractivity contribution in [3.05, 3.63) is 0 Å². The fraction of sp³-hybridized carbons (Fsp3) is 1.00. The molecule has 0 radical (unpaired) electrons. The van der Waals surface area contributed by atoms with Crippen molar-refractivity contribution >= 4 is 0 Å². The highest BCUT2D eigenvalue weighted by atomic mass is 16.7. The average molecular weight is 172 g/mol. The van der Waals surface area contributed by atoms with Crippen LogP contribution in [0.2, 0.25) is 0 Å². The summed E-state index contributed by atoms with van der Waals surface area (Å²) in [6, 6.07) is 0. The lowest BCUT2D eigenvalue weighted by molar-refractivity contribution is -0.183. The Balaban J connectivity index is 2.13. The summed E-state index contributed by atoms with van der Waals surface area (Å²) in [5.41, 5.74) is 0.393. The molecule has 0 spiro atoms. The van der Waals surface area contributed by atoms with E-state index >= 15 is 0 Å². The minimum absolute atomic E-state index is 0.0676. The van der Waals surface area contributed by atoms with Crippen LogP contribution in [-0.4, -0.2) is 19.5 Å². The lowest BCUT2D eigenvalue weighted by atomic mass is 9.90. The Labute approximate surface area is 75.2 Å². The highest BCUT2D eigenvalue weighted by molar-refractivity contribution is 4.63. The molecule has 0 aromatic rings. The molecule has 0 aliphatic carbocycles. The second kappa shape index (κ2) is 4.24. The van der Waals surface area contributed by atoms with Crippen molar-refractivity contribution in [2.24, 2.45) is 5.41 Å². The van der Waals surface area contributed by atoms with Crippen LogP contribution >= 0.6 is 0 Å². The fourth-order valence-electron chi connectivity index (χ4n) is 1.25. The molecular weight excluding hydrogens is 152 g/mol. The molecule has 0 saturated carbocycles. The number of hydrogen-bond donors (Lipinski definition) is 0. The third-order valence-corrected chi connectivity index (χ3v) is 2.03. The smallest absolute Gasteiger partial charge is 0.157 e. The van der Waals surface area contributed by atoms with Crippen LogP contribution in [0, 0.1) is 5.41 Å². The summed E-state index contributed by atoms with van der Waals surface area (Å²) in [4.78, 5) is 0. The largest absolute Gasteiger partial charge is 0.353 e. The van der Waals surface area contributed by atoms with Crippen LogP contribution < -0.4 is 0 Å². The summed E-state index contributed by atoms with van der Waals surface area (Å²) < 4.78 is 10.9. The molecular formula is C10H20O2. The Morgan fingerprint density at radius 2 is 1.75 bits per heavy atom. The predicted octanol–water partition coefficient (Wildman–Crippen LogP) is 2.58. The van der Waals surface area contributed by atoms with Gasteiger partial charge in [0.25, 0.3) is 0 Å². The third kappa shape index (κ3) is 4.07. The monoisotopic (exact) mass is 172 g/mol. The van der Waals surface area contributed by atoms with E-state index in [0.29, 0.717) is 5.41 Å². The van der Waals surface area contributed by atoms with E-state index in [1.807, 2.05) is 0 Å². The lowest BCUT2D eigenvalue weighted by Crippen LogP contribution is -2.26. The zero-order valence-electron chi connectivity index (χ0n) is 8.43. The molecule has 1 fully saturated rings. The molecule has 0 atom stereocenters. The van der Waals surface area contributed by atoms with Crippen LogP contribution in [0.4, 0.5) is 0 Å². The maximum absolute atomic E-state index is 5.45. The van der Waals surface area contributed by atoms with Gasteiger partial charge in [-0.1, -0.05) is 20.8 Å². The number of hydrogen-bond acceptors (Lipinski definition) is 2. The summed E-state index contributed by atoms with van der Waals surface area (Å²) in [5, 5.41) is 0. The molecule has 2 heteroatoms. The SMILES string of the molecule is CC(C)(C)CCC1OCCCO1. The Bertz CT molecular complexity index is 120. The highest BCUT2D eigenvalue weighted by Gasteiger charge is 2.18. The molecule has 2 nitrogen and oxygen atoms in total. The zero-order valence-corrected chi connectivity index (χ0v) is 8.43. The van der Waals surface area contributed by atoms with E-state index in [4.69, 9.17) is 9.47 Å². The molecule has 0 aromatic heterocycles. The number of rotatable bonds is 2. The quantitative estimate of drug-likeness (QED) is 0.637. The minimum atomic E-state index is 0.0676. The minimum Gasteiger partial charge on any atom is -0.353 e. The van der Waals surface area contributed by atoms with E-state index in [1.54, 1.807) is 0 Å². The first kappa shape index (κ1) is 10.0. The van der Waals surface area contributed by atoms with E-state index in [2.05, 4.69) is 20.8 Å². The molecule has 1 aliphatic rings. The Morgan fingerprint density at radius 3 is 2.25 bits per heavy atom. The molecule has 0 amide bonds. The highest BCUT2D eigenvalue weighted by Crippen LogP contribution is 2.23. The van der Waals surface area contributed by atoms with Crippen molar-refractivity contribution in [3.63, 3.8) is 0 Å². The van der Waals surface area contributed by atoms with Crippen LogP contribution in [0.3, 0.4) is 0 Å². The van der Waals surface area contributed by atoms with Gasteiger partial charge in [-0.2, -0.15) is 0 Å². The van der Waals surface area contributed by atoms with Crippen molar-refractivity contribution in [1.29, 1.82) is 0 Å². The van der Waals surface area contributed by atoms with Crippen LogP contribution in [0.5, 0.6) is 0 Å². The van der Waals surface area contributed by atoms with Gasteiger partial charge in [-0.15, -0.1) is 0 Å². The maximum Gasteiger partial charge on any atom is 0.157 e. The summed E-state index contributed by atoms with van der Waals surface area (Å²) in [6.07, 6.45) is 3.31. The Morgan fingerprint density at radius 1 is 1.17 bits per heavy atom. The van der Waals surface area contributed by atoms with Gasteiger partial charge in [0, 0.05) is 0 Å². The van der Waals surface area contributed by atoms with E-state index in [0.717, 1.165) is 32.5 Å². The zero-order chi connectivity index (χ0) is 9.03. The van der Waals surface area contributed by atoms with Crippen LogP contribution in [0.25, 0.3) is 0 Å². The standard InChI is InChI=1S/C10H20O2/c1-10(2,3)6-5-9-11-7-4-8-12-9/h9H,4-8H2,1-3H3. The third-order valence-electron chi connectivity index (χ3n) is 2.03. The maximum atomic E-state index is 5.45. The summed E-state index contributed by atoms with van der Waals surface area (Å²) in [6.45, 7) is 8.48. The van der Waals surface area contributed by atoms with Gasteiger partial charge in [0.1, 0.15) is 0 Å². The summed E-state index contributed by atoms with van der Waals surface area (Å²) in [7, 11) is 0. The molecule has 0 unspecified atom stereocenters. The summed E-state index contributed by atoms with van der Waals surface area (Å²) in [5.74, 6) is 0. The van der Waals surface area contributed by atoms with Crippen molar-refractivity contribution < 1.29 is 9.47 Å². The van der Waals surface area contributed by atoms with Gasteiger partial charge in [0.05, 0.1) is 13.2 Å². The lowest BCUT2D eigenvalue weighted by Gasteiger charge is -2.26. The first-order chi connectivity index (χ1) is 5.58. The molecule has 1 heterocycles. The van der Waals surface area contributed by atoms with Gasteiger partial charge in [-0.25, -0.2) is 0 Å². The van der Waals surface area contributed by atoms with Crippen molar-refractivity contribution in [1.82, 2.24) is 0 Å². The van der Waals surface area contributed by atoms with Crippen molar-refractivity contribution in [3.8, 4) is 0 Å². The van der Waals surface area contributed by atoms with E-state index in [-0.39, 0.29) is 6.29 Å². The second-order valence-corrected chi connectivity index (χ2v) is 4.62. The van der Waals surface area contributed by atoms with E-state index in [1.165, 1.54) is 0 Å². The van der Waals surface area contributed by atoms with Gasteiger partial charge in [0.15, 0.2) is 6.29 Å². The molecule has 1 rings (SSSR count). The Hall–Kier alpha value is -0.0800. The Kier molecular flexibility index (Phi) is 3.53. The predicted molar refractivity (Wildman–Crippen MR) is 49.0 cm³/mol. The normalized spacial score (nSPS) is 21.2. The van der Waals surface area contributed by atoms with Crippen molar-refractivity contribution in [2.45, 2.75) is 46.3 Å². The molecule has 12 heavy (non-hydrogen) atoms. The van der Waals surface area contributed by atoms with Gasteiger partial charge in [0.2, 0.25) is 0 Å². The van der Waals surface area contributed by atoms with E-state index in [9.17, 15) is 0 Å². The molecule has 0 aromatic carbocycles. The first-order valence-electron chi connectivity index (χ1n) is 4.81. The topological polar surface area (TPSA) is 18.5 Å². The van der Waals surface area contributed by atoms with Crippen LogP contribution in [-0.2, 0) is 9.47 Å². The van der Waals surface area contributed by atoms with Gasteiger partial charge in [-0.3, -0.25) is 0 Å². The number of ether oxygens (including phenoxy) is 2. The molecule has 1 saturated heterocycles. The molecule has 72 valence electrons. The fourth-order valence-corrected chi connectivity index (χ4v) is 1.25. The van der Waals surface area contributed by atoms with E-state index < -0.39 is 0 Å².